The van der Waals surface area contributed by atoms with Crippen LogP contribution in [-0.4, -0.2) is 191 Å². The maximum absolute atomic E-state index is 14.6. The number of rotatable bonds is 26. The van der Waals surface area contributed by atoms with E-state index in [1.54, 1.807) is 70.5 Å². The zero-order chi connectivity index (χ0) is 78.6. The molecule has 7 aliphatic rings. The average Bonchev–Trinajstić information content (AvgIpc) is 1.56. The summed E-state index contributed by atoms with van der Waals surface area (Å²) in [5.74, 6) is -2.33. The van der Waals surface area contributed by atoms with Crippen molar-refractivity contribution in [3.63, 3.8) is 0 Å². The zero-order valence-electron chi connectivity index (χ0n) is 63.6. The third kappa shape index (κ3) is 15.8. The lowest BCUT2D eigenvalue weighted by Crippen LogP contribution is -2.55. The van der Waals surface area contributed by atoms with E-state index in [9.17, 15) is 48.3 Å². The van der Waals surface area contributed by atoms with E-state index in [-0.39, 0.29) is 110 Å². The fourth-order valence-electron chi connectivity index (χ4n) is 15.6. The number of methoxy groups -OCH3 is 3. The van der Waals surface area contributed by atoms with Crippen LogP contribution in [0.25, 0.3) is 28.1 Å². The first-order chi connectivity index (χ1) is 54.1. The normalized spacial score (nSPS) is 18.7. The Kier molecular flexibility index (Phi) is 22.5. The fraction of sp³-hybridized carbons (Fsp3) is 0.415. The van der Waals surface area contributed by atoms with Crippen molar-refractivity contribution in [3.8, 4) is 51.4 Å². The highest BCUT2D eigenvalue weighted by atomic mass is 16.6. The molecule has 3 fully saturated rings. The molecule has 5 aromatic carbocycles. The third-order valence-electron chi connectivity index (χ3n) is 22.1. The Morgan fingerprint density at radius 2 is 1.47 bits per heavy atom. The molecule has 1 aliphatic carbocycles. The maximum atomic E-state index is 14.6. The van der Waals surface area contributed by atoms with Crippen LogP contribution in [0.4, 0.5) is 27.5 Å². The Morgan fingerprint density at radius 3 is 2.19 bits per heavy atom. The molecule has 6 aliphatic heterocycles. The molecular weight excluding hydrogens is 1440 g/mol. The number of fused-ring (bicyclic) bond motifs is 9. The fourth-order valence-corrected chi connectivity index (χ4v) is 15.6. The number of likely N-dealkylation sites (tertiary alicyclic amines) is 1. The minimum atomic E-state index is -1.50. The van der Waals surface area contributed by atoms with Crippen molar-refractivity contribution in [2.24, 2.45) is 11.3 Å². The number of anilines is 4. The predicted molar refractivity (Wildman–Crippen MR) is 412 cm³/mol. The van der Waals surface area contributed by atoms with E-state index in [0.29, 0.717) is 103 Å². The Bertz CT molecular complexity index is 4830. The number of benzene rings is 5. The molecule has 7 aromatic rings. The van der Waals surface area contributed by atoms with Gasteiger partial charge in [-0.15, -0.1) is 5.10 Å². The second kappa shape index (κ2) is 32.9. The van der Waals surface area contributed by atoms with E-state index in [1.807, 2.05) is 93.2 Å². The van der Waals surface area contributed by atoms with Crippen molar-refractivity contribution in [1.29, 1.82) is 0 Å². The van der Waals surface area contributed by atoms with Crippen LogP contribution in [0, 0.1) is 11.3 Å². The van der Waals surface area contributed by atoms with Crippen LogP contribution in [0.1, 0.15) is 135 Å². The molecule has 112 heavy (non-hydrogen) atoms. The van der Waals surface area contributed by atoms with Crippen LogP contribution in [0.3, 0.4) is 0 Å². The summed E-state index contributed by atoms with van der Waals surface area (Å²) in [6.07, 6.45) is 5.33. The number of nitrogens with one attached hydrogen (secondary N) is 5. The summed E-state index contributed by atoms with van der Waals surface area (Å²) in [7, 11) is 4.50. The van der Waals surface area contributed by atoms with E-state index >= 15 is 0 Å². The maximum Gasteiger partial charge on any atom is 0.416 e. The molecule has 30 heteroatoms. The molecule has 0 bridgehead atoms. The highest BCUT2D eigenvalue weighted by molar-refractivity contribution is 6.07. The molecule has 6 atom stereocenters. The summed E-state index contributed by atoms with van der Waals surface area (Å²) >= 11 is 0. The zero-order valence-corrected chi connectivity index (χ0v) is 63.6. The van der Waals surface area contributed by atoms with Crippen molar-refractivity contribution in [2.45, 2.75) is 141 Å². The van der Waals surface area contributed by atoms with Gasteiger partial charge in [0.05, 0.1) is 100 Å². The molecule has 586 valence electrons. The molecule has 2 aromatic heterocycles. The third-order valence-corrected chi connectivity index (χ3v) is 22.1. The number of aromatic nitrogens is 4. The number of aliphatic hydroxyl groups is 1. The Hall–Kier alpha value is -12.1. The molecule has 8 heterocycles. The number of hydrogen-bond donors (Lipinski definition) is 6. The van der Waals surface area contributed by atoms with Crippen LogP contribution in [0.2, 0.25) is 0 Å². The van der Waals surface area contributed by atoms with Gasteiger partial charge in [0.1, 0.15) is 24.4 Å². The topological polar surface area (TPSA) is 349 Å². The SMILES string of the molecule is CC[C@H](C)[C@H](NC(=O)[C@H]1CCCN1C(=O)CNC(=O)CNC(=O)CCC(=O)N1Cc2ccccc2-c2nnn(C(C)C)c2-c2ccccc21)C(=O)Nc1ccc(COC(=O)N2c3cc(OCCCOc4cc5c(cc4OC)C(=O)N4C=C(c6ccc(OC)nc6)C[C@H]4CN5)c(OC)cc3C(=O)N3CC4(CC4)C[C@H]3C2O)cc1. The van der Waals surface area contributed by atoms with Crippen LogP contribution in [0.5, 0.6) is 28.9 Å². The lowest BCUT2D eigenvalue weighted by atomic mass is 9.95. The summed E-state index contributed by atoms with van der Waals surface area (Å²) in [5.41, 5.74) is 8.43. The van der Waals surface area contributed by atoms with Crippen LogP contribution >= 0.6 is 0 Å². The molecule has 2 saturated heterocycles. The number of amides is 9. The number of nitrogens with zero attached hydrogens (tertiary/aromatic N) is 9. The second-order valence-electron chi connectivity index (χ2n) is 29.7. The van der Waals surface area contributed by atoms with E-state index in [4.69, 9.17) is 28.4 Å². The summed E-state index contributed by atoms with van der Waals surface area (Å²) in [5, 5.41) is 35.6. The standard InChI is InChI=1S/C82H92N14O16/c1-8-48(4)73(88-76(101)61-19-13-30-91(61)72(100)42-85-69(98)41-84-68(97)25-27-71(99)93-43-51-15-9-10-16-55(51)74-75(96(47(2)3)90-89-74)56-17-11-12-18-60(56)93)77(102)87-53-23-20-49(21-24-53)45-112-81(106)95-62-37-67(65(108-6)35-58(62)79(104)94-46-82(28-29-82)38-63(94)80(95)105)111-32-14-31-110-66-36-59-57(34-64(66)107-5)78(103)92-44-52(33-54(92)40-83-59)50-22-26-70(109-7)86-39-50/h9-12,15-18,20-24,26,34-37,39,44,47-48,54,61,63,73,80,83,105H,8,13-14,19,25,27-33,38,40-43,45-46H2,1-7H3,(H,84,97)(H,85,98)(H,87,102)(H,88,101)/t48-,54-,61+,63-,73-,80?/m0/s1. The van der Waals surface area contributed by atoms with E-state index < -0.39 is 73.1 Å². The van der Waals surface area contributed by atoms with E-state index in [2.05, 4.69) is 41.9 Å². The quantitative estimate of drug-likeness (QED) is 0.0276. The summed E-state index contributed by atoms with van der Waals surface area (Å²) in [4.78, 5) is 137. The molecule has 30 nitrogen and oxygen atoms in total. The van der Waals surface area contributed by atoms with Crippen molar-refractivity contribution in [3.05, 3.63) is 149 Å². The first kappa shape index (κ1) is 76.7. The van der Waals surface area contributed by atoms with Gasteiger partial charge >= 0.3 is 6.09 Å². The number of hydrogen-bond acceptors (Lipinski definition) is 20. The van der Waals surface area contributed by atoms with Crippen LogP contribution < -0.4 is 60.1 Å². The van der Waals surface area contributed by atoms with Gasteiger partial charge in [-0.2, -0.15) is 0 Å². The van der Waals surface area contributed by atoms with Gasteiger partial charge in [0.25, 0.3) is 11.8 Å². The Labute approximate surface area is 647 Å². The van der Waals surface area contributed by atoms with Gasteiger partial charge in [-0.05, 0) is 122 Å². The van der Waals surface area contributed by atoms with E-state index in [1.165, 1.54) is 31.3 Å². The van der Waals surface area contributed by atoms with Gasteiger partial charge < -0.3 is 79.7 Å². The average molecular weight is 1530 g/mol. The monoisotopic (exact) mass is 1530 g/mol. The molecule has 0 radical (unpaired) electrons. The van der Waals surface area contributed by atoms with Gasteiger partial charge in [0, 0.05) is 92.3 Å². The molecular formula is C82H92N14O16. The van der Waals surface area contributed by atoms with Gasteiger partial charge in [0.2, 0.25) is 41.3 Å². The molecule has 1 saturated carbocycles. The number of para-hydroxylation sites is 1. The highest BCUT2D eigenvalue weighted by Crippen LogP contribution is 2.57. The smallest absolute Gasteiger partial charge is 0.416 e. The first-order valence-electron chi connectivity index (χ1n) is 38.0. The molecule has 1 unspecified atom stereocenters. The number of ether oxygens (including phenoxy) is 6. The summed E-state index contributed by atoms with van der Waals surface area (Å²) < 4.78 is 37.1. The Balaban J connectivity index is 0.557. The lowest BCUT2D eigenvalue weighted by molar-refractivity contribution is -0.139. The van der Waals surface area contributed by atoms with Crippen molar-refractivity contribution >= 4 is 81.7 Å². The van der Waals surface area contributed by atoms with Crippen molar-refractivity contribution < 1.29 is 76.7 Å². The van der Waals surface area contributed by atoms with E-state index in [0.717, 1.165) is 51.3 Å². The minimum Gasteiger partial charge on any atom is -0.493 e. The number of pyridine rings is 1. The van der Waals surface area contributed by atoms with Crippen molar-refractivity contribution in [2.75, 3.05) is 87.7 Å². The Morgan fingerprint density at radius 1 is 0.750 bits per heavy atom. The van der Waals surface area contributed by atoms with Crippen molar-refractivity contribution in [1.82, 2.24) is 50.6 Å². The number of carbonyl (C=O) groups is 9. The molecule has 6 N–H and O–H groups in total. The van der Waals surface area contributed by atoms with Gasteiger partial charge in [0.15, 0.2) is 29.2 Å². The van der Waals surface area contributed by atoms with Gasteiger partial charge in [-0.1, -0.05) is 80.1 Å². The number of carbonyl (C=O) groups excluding carboxylic acids is 9. The molecule has 9 amide bonds. The highest BCUT2D eigenvalue weighted by Gasteiger charge is 2.58. The molecule has 1 spiro atoms. The second-order valence-corrected chi connectivity index (χ2v) is 29.7. The summed E-state index contributed by atoms with van der Waals surface area (Å²) in [6, 6.07) is 29.0. The number of aliphatic hydroxyl groups excluding tert-OH is 1. The first-order valence-corrected chi connectivity index (χ1v) is 38.0. The molecule has 14 rings (SSSR count). The minimum absolute atomic E-state index is 0.0273. The predicted octanol–water partition coefficient (Wildman–Crippen LogP) is 8.63. The largest absolute Gasteiger partial charge is 0.493 e. The summed E-state index contributed by atoms with van der Waals surface area (Å²) in [6.45, 7) is 8.13. The lowest BCUT2D eigenvalue weighted by Gasteiger charge is -2.31. The van der Waals surface area contributed by atoms with Gasteiger partial charge in [-0.25, -0.2) is 19.4 Å². The van der Waals surface area contributed by atoms with Gasteiger partial charge in [-0.3, -0.25) is 38.4 Å². The van der Waals surface area contributed by atoms with Crippen LogP contribution in [-0.2, 0) is 46.7 Å². The van der Waals surface area contributed by atoms with Crippen LogP contribution in [0.15, 0.2) is 122 Å².